The number of rotatable bonds is 3. The second kappa shape index (κ2) is 4.10. The Bertz CT molecular complexity index is 426. The number of halogens is 1. The van der Waals surface area contributed by atoms with E-state index in [1.807, 2.05) is 19.9 Å². The van der Waals surface area contributed by atoms with Gasteiger partial charge in [0.05, 0.1) is 5.41 Å². The second-order valence-electron chi connectivity index (χ2n) is 4.75. The molecule has 1 aromatic carbocycles. The van der Waals surface area contributed by atoms with Gasteiger partial charge in [0.1, 0.15) is 0 Å². The number of hydrogen-bond donors (Lipinski definition) is 1. The summed E-state index contributed by atoms with van der Waals surface area (Å²) in [4.78, 5) is 11.7. The Balaban J connectivity index is 2.33. The first-order valence-electron chi connectivity index (χ1n) is 5.56. The number of aryl methyl sites for hydroxylation is 1. The molecule has 0 spiro atoms. The van der Waals surface area contributed by atoms with Gasteiger partial charge in [0, 0.05) is 11.6 Å². The maximum Gasteiger partial charge on any atom is 0.234 e. The fraction of sp³-hybridized carbons (Fsp3) is 0.462. The van der Waals surface area contributed by atoms with Crippen molar-refractivity contribution in [3.63, 3.8) is 0 Å². The molecule has 2 nitrogen and oxygen atoms in total. The standard InChI is InChI=1S/C13H16ClNO/c1-13(2)10-8-9(4-3-7-14)5-6-11(10)15-12(13)16/h5-6,8H,3-4,7H2,1-2H3,(H,15,16). The highest BCUT2D eigenvalue weighted by molar-refractivity contribution is 6.17. The Kier molecular flexibility index (Phi) is 2.94. The van der Waals surface area contributed by atoms with Gasteiger partial charge in [0.2, 0.25) is 5.91 Å². The van der Waals surface area contributed by atoms with Crippen molar-refractivity contribution in [3.8, 4) is 0 Å². The van der Waals surface area contributed by atoms with Gasteiger partial charge in [-0.15, -0.1) is 11.6 Å². The van der Waals surface area contributed by atoms with Crippen LogP contribution in [0, 0.1) is 0 Å². The summed E-state index contributed by atoms with van der Waals surface area (Å²) in [7, 11) is 0. The Morgan fingerprint density at radius 3 is 2.81 bits per heavy atom. The number of nitrogens with one attached hydrogen (secondary N) is 1. The number of amides is 1. The van der Waals surface area contributed by atoms with Crippen LogP contribution in [0.1, 0.15) is 31.4 Å². The average molecular weight is 238 g/mol. The molecule has 1 aromatic rings. The number of hydrogen-bond acceptors (Lipinski definition) is 1. The third kappa shape index (κ3) is 1.82. The maximum atomic E-state index is 11.7. The summed E-state index contributed by atoms with van der Waals surface area (Å²) < 4.78 is 0. The van der Waals surface area contributed by atoms with Gasteiger partial charge in [-0.1, -0.05) is 12.1 Å². The van der Waals surface area contributed by atoms with Crippen molar-refractivity contribution in [2.75, 3.05) is 11.2 Å². The van der Waals surface area contributed by atoms with E-state index in [2.05, 4.69) is 17.4 Å². The molecule has 1 aliphatic rings. The molecule has 16 heavy (non-hydrogen) atoms. The first-order chi connectivity index (χ1) is 7.55. The van der Waals surface area contributed by atoms with Crippen molar-refractivity contribution in [3.05, 3.63) is 29.3 Å². The molecule has 1 heterocycles. The lowest BCUT2D eigenvalue weighted by atomic mass is 9.85. The molecule has 0 unspecified atom stereocenters. The van der Waals surface area contributed by atoms with E-state index < -0.39 is 5.41 Å². The summed E-state index contributed by atoms with van der Waals surface area (Å²) >= 11 is 5.68. The smallest absolute Gasteiger partial charge is 0.234 e. The van der Waals surface area contributed by atoms with Crippen LogP contribution in [0.3, 0.4) is 0 Å². The molecule has 0 bridgehead atoms. The Morgan fingerprint density at radius 2 is 2.12 bits per heavy atom. The van der Waals surface area contributed by atoms with Crippen LogP contribution in [0.25, 0.3) is 0 Å². The van der Waals surface area contributed by atoms with E-state index in [4.69, 9.17) is 11.6 Å². The number of anilines is 1. The summed E-state index contributed by atoms with van der Waals surface area (Å²) in [6.07, 6.45) is 1.95. The van der Waals surface area contributed by atoms with Gasteiger partial charge < -0.3 is 5.32 Å². The first kappa shape index (κ1) is 11.5. The summed E-state index contributed by atoms with van der Waals surface area (Å²) in [5.74, 6) is 0.759. The molecule has 1 aliphatic heterocycles. The topological polar surface area (TPSA) is 29.1 Å². The predicted octanol–water partition coefficient (Wildman–Crippen LogP) is 3.09. The van der Waals surface area contributed by atoms with Crippen LogP contribution in [-0.4, -0.2) is 11.8 Å². The van der Waals surface area contributed by atoms with Crippen molar-refractivity contribution in [1.29, 1.82) is 0 Å². The van der Waals surface area contributed by atoms with E-state index in [1.54, 1.807) is 0 Å². The largest absolute Gasteiger partial charge is 0.325 e. The molecule has 0 saturated heterocycles. The lowest BCUT2D eigenvalue weighted by Gasteiger charge is -2.15. The molecule has 0 aromatic heterocycles. The molecule has 0 aliphatic carbocycles. The fourth-order valence-electron chi connectivity index (χ4n) is 2.04. The van der Waals surface area contributed by atoms with Gasteiger partial charge in [-0.3, -0.25) is 4.79 Å². The zero-order valence-corrected chi connectivity index (χ0v) is 10.4. The van der Waals surface area contributed by atoms with E-state index in [-0.39, 0.29) is 5.91 Å². The summed E-state index contributed by atoms with van der Waals surface area (Å²) in [6.45, 7) is 3.92. The van der Waals surface area contributed by atoms with E-state index in [0.29, 0.717) is 5.88 Å². The highest BCUT2D eigenvalue weighted by Crippen LogP contribution is 2.37. The highest BCUT2D eigenvalue weighted by atomic mass is 35.5. The monoisotopic (exact) mass is 237 g/mol. The molecule has 0 radical (unpaired) electrons. The lowest BCUT2D eigenvalue weighted by Crippen LogP contribution is -2.26. The third-order valence-electron chi connectivity index (χ3n) is 3.17. The minimum atomic E-state index is -0.410. The number of carbonyl (C=O) groups excluding carboxylic acids is 1. The number of alkyl halides is 1. The predicted molar refractivity (Wildman–Crippen MR) is 67.1 cm³/mol. The van der Waals surface area contributed by atoms with Crippen LogP contribution in [0.4, 0.5) is 5.69 Å². The lowest BCUT2D eigenvalue weighted by molar-refractivity contribution is -0.119. The van der Waals surface area contributed by atoms with Crippen molar-refractivity contribution in [2.24, 2.45) is 0 Å². The van der Waals surface area contributed by atoms with Gasteiger partial charge in [0.25, 0.3) is 0 Å². The molecular formula is C13H16ClNO. The molecule has 0 atom stereocenters. The summed E-state index contributed by atoms with van der Waals surface area (Å²) in [6, 6.07) is 6.18. The van der Waals surface area contributed by atoms with Gasteiger partial charge in [-0.2, -0.15) is 0 Å². The molecule has 0 saturated carbocycles. The Hall–Kier alpha value is -1.02. The zero-order chi connectivity index (χ0) is 11.8. The summed E-state index contributed by atoms with van der Waals surface area (Å²) in [5, 5.41) is 2.91. The van der Waals surface area contributed by atoms with Crippen LogP contribution in [0.15, 0.2) is 18.2 Å². The Labute approximate surface area is 101 Å². The first-order valence-corrected chi connectivity index (χ1v) is 6.10. The van der Waals surface area contributed by atoms with Crippen molar-refractivity contribution < 1.29 is 4.79 Å². The maximum absolute atomic E-state index is 11.7. The molecule has 1 amide bonds. The van der Waals surface area contributed by atoms with Crippen molar-refractivity contribution >= 4 is 23.2 Å². The van der Waals surface area contributed by atoms with Gasteiger partial charge in [-0.05, 0) is 43.9 Å². The van der Waals surface area contributed by atoms with Crippen LogP contribution in [0.2, 0.25) is 0 Å². The van der Waals surface area contributed by atoms with E-state index >= 15 is 0 Å². The normalized spacial score (nSPS) is 17.1. The molecule has 1 N–H and O–H groups in total. The zero-order valence-electron chi connectivity index (χ0n) is 9.64. The van der Waals surface area contributed by atoms with Crippen molar-refractivity contribution in [2.45, 2.75) is 32.1 Å². The van der Waals surface area contributed by atoms with Crippen LogP contribution < -0.4 is 5.32 Å². The van der Waals surface area contributed by atoms with E-state index in [1.165, 1.54) is 5.56 Å². The number of fused-ring (bicyclic) bond motifs is 1. The minimum Gasteiger partial charge on any atom is -0.325 e. The Morgan fingerprint density at radius 1 is 1.38 bits per heavy atom. The van der Waals surface area contributed by atoms with Crippen LogP contribution in [-0.2, 0) is 16.6 Å². The molecule has 3 heteroatoms. The van der Waals surface area contributed by atoms with E-state index in [9.17, 15) is 4.79 Å². The summed E-state index contributed by atoms with van der Waals surface area (Å²) in [5.41, 5.74) is 2.89. The van der Waals surface area contributed by atoms with Gasteiger partial charge in [0.15, 0.2) is 0 Å². The number of benzene rings is 1. The number of carbonyl (C=O) groups is 1. The molecular weight excluding hydrogens is 222 g/mol. The molecule has 2 rings (SSSR count). The third-order valence-corrected chi connectivity index (χ3v) is 3.44. The quantitative estimate of drug-likeness (QED) is 0.805. The van der Waals surface area contributed by atoms with Gasteiger partial charge in [-0.25, -0.2) is 0 Å². The van der Waals surface area contributed by atoms with Crippen LogP contribution in [0.5, 0.6) is 0 Å². The van der Waals surface area contributed by atoms with Crippen LogP contribution >= 0.6 is 11.6 Å². The SMILES string of the molecule is CC1(C)C(=O)Nc2ccc(CCCCl)cc21. The van der Waals surface area contributed by atoms with Crippen molar-refractivity contribution in [1.82, 2.24) is 0 Å². The molecule has 86 valence electrons. The van der Waals surface area contributed by atoms with Gasteiger partial charge >= 0.3 is 0 Å². The second-order valence-corrected chi connectivity index (χ2v) is 5.13. The molecule has 0 fully saturated rings. The fourth-order valence-corrected chi connectivity index (χ4v) is 2.18. The highest BCUT2D eigenvalue weighted by Gasteiger charge is 2.38. The minimum absolute atomic E-state index is 0.0805. The van der Waals surface area contributed by atoms with E-state index in [0.717, 1.165) is 24.1 Å². The average Bonchev–Trinajstić information content (AvgIpc) is 2.48.